The molecule has 3 aromatic carbocycles. The highest BCUT2D eigenvalue weighted by molar-refractivity contribution is 6.06. The molecule has 1 heterocycles. The molecule has 0 amide bonds. The van der Waals surface area contributed by atoms with E-state index >= 15 is 0 Å². The highest BCUT2D eigenvalue weighted by atomic mass is 35.5. The van der Waals surface area contributed by atoms with Crippen molar-refractivity contribution in [3.63, 3.8) is 0 Å². The molecule has 1 aliphatic heterocycles. The number of halogens is 2. The minimum Gasteiger partial charge on any atom is -0.493 e. The van der Waals surface area contributed by atoms with Crippen LogP contribution in [0.25, 0.3) is 6.08 Å². The van der Waals surface area contributed by atoms with E-state index in [2.05, 4.69) is 35.6 Å². The molecule has 0 unspecified atom stereocenters. The molecule has 1 N–H and O–H groups in total. The number of nitrogens with zero attached hydrogens (tertiary/aromatic N) is 1. The van der Waals surface area contributed by atoms with Gasteiger partial charge in [0.2, 0.25) is 0 Å². The van der Waals surface area contributed by atoms with Crippen molar-refractivity contribution in [2.75, 3.05) is 39.3 Å². The van der Waals surface area contributed by atoms with E-state index in [-0.39, 0.29) is 30.6 Å². The van der Waals surface area contributed by atoms with E-state index < -0.39 is 0 Å². The molecule has 34 heavy (non-hydrogen) atoms. The van der Waals surface area contributed by atoms with Gasteiger partial charge in [-0.25, -0.2) is 0 Å². The van der Waals surface area contributed by atoms with Gasteiger partial charge < -0.3 is 10.1 Å². The standard InChI is InChI=1S/C28H31N2O2.2ClH/c31-28(17-12-24-8-3-1-4-9-24)25-13-15-27(16-14-25)32-23-7-20-30(21-18-29-19-22-30)26-10-5-2-6-11-26;;/h1-6,8-17,29H,7,18-23H2;2*1H/q+1;;/b17-12+;;. The number of piperazine rings is 1. The Balaban J connectivity index is 0.00000204. The minimum absolute atomic E-state index is 0. The van der Waals surface area contributed by atoms with Crippen molar-refractivity contribution in [1.82, 2.24) is 9.80 Å². The second-order valence-corrected chi connectivity index (χ2v) is 8.24. The molecule has 0 radical (unpaired) electrons. The molecule has 6 heteroatoms. The minimum atomic E-state index is -0.00610. The zero-order valence-electron chi connectivity index (χ0n) is 19.3. The third-order valence-electron chi connectivity index (χ3n) is 6.10. The maximum absolute atomic E-state index is 12.4. The predicted octanol–water partition coefficient (Wildman–Crippen LogP) is 5.81. The summed E-state index contributed by atoms with van der Waals surface area (Å²) in [5, 5.41) is 3.48. The van der Waals surface area contributed by atoms with Crippen LogP contribution >= 0.6 is 24.8 Å². The third-order valence-corrected chi connectivity index (χ3v) is 6.10. The van der Waals surface area contributed by atoms with Crippen molar-refractivity contribution in [2.24, 2.45) is 0 Å². The van der Waals surface area contributed by atoms with Crippen LogP contribution in [0.15, 0.2) is 91.0 Å². The van der Waals surface area contributed by atoms with Crippen molar-refractivity contribution in [1.29, 1.82) is 0 Å². The molecule has 3 aromatic rings. The maximum Gasteiger partial charge on any atom is 0.185 e. The van der Waals surface area contributed by atoms with Gasteiger partial charge in [0.15, 0.2) is 5.78 Å². The number of quaternary nitrogens is 1. The van der Waals surface area contributed by atoms with Gasteiger partial charge in [0.25, 0.3) is 0 Å². The van der Waals surface area contributed by atoms with Crippen molar-refractivity contribution in [2.45, 2.75) is 6.42 Å². The summed E-state index contributed by atoms with van der Waals surface area (Å²) in [6, 6.07) is 28.1. The van der Waals surface area contributed by atoms with Crippen molar-refractivity contribution in [3.8, 4) is 5.75 Å². The topological polar surface area (TPSA) is 38.3 Å². The molecule has 0 atom stereocenters. The summed E-state index contributed by atoms with van der Waals surface area (Å²) >= 11 is 0. The SMILES string of the molecule is Cl.Cl.O=C(/C=C/c1ccccc1)c1ccc(OCCC[N+]2(c3ccccc3)CCNCC2)cc1. The van der Waals surface area contributed by atoms with Crippen LogP contribution in [-0.2, 0) is 0 Å². The molecule has 4 nitrogen and oxygen atoms in total. The number of para-hydroxylation sites is 1. The smallest absolute Gasteiger partial charge is 0.185 e. The zero-order valence-corrected chi connectivity index (χ0v) is 20.9. The molecule has 4 rings (SSSR count). The van der Waals surface area contributed by atoms with E-state index in [4.69, 9.17) is 4.74 Å². The van der Waals surface area contributed by atoms with Crippen LogP contribution in [0.1, 0.15) is 22.3 Å². The molecule has 1 fully saturated rings. The predicted molar refractivity (Wildman–Crippen MR) is 147 cm³/mol. The molecule has 0 aliphatic carbocycles. The number of hydrogen-bond acceptors (Lipinski definition) is 3. The van der Waals surface area contributed by atoms with Gasteiger partial charge in [-0.1, -0.05) is 54.6 Å². The molecular weight excluding hydrogens is 467 g/mol. The number of ether oxygens (including phenoxy) is 1. The van der Waals surface area contributed by atoms with Gasteiger partial charge >= 0.3 is 0 Å². The number of benzene rings is 3. The van der Waals surface area contributed by atoms with E-state index in [1.807, 2.05) is 60.7 Å². The third kappa shape index (κ3) is 7.44. The highest BCUT2D eigenvalue weighted by Gasteiger charge is 2.31. The zero-order chi connectivity index (χ0) is 22.1. The number of ketones is 1. The Morgan fingerprint density at radius 2 is 1.47 bits per heavy atom. The van der Waals surface area contributed by atoms with Crippen LogP contribution in [-0.4, -0.2) is 45.1 Å². The number of hydrogen-bond donors (Lipinski definition) is 1. The van der Waals surface area contributed by atoms with Gasteiger partial charge in [-0.3, -0.25) is 9.28 Å². The molecular formula is C28H33Cl2N2O2+. The average molecular weight is 500 g/mol. The summed E-state index contributed by atoms with van der Waals surface area (Å²) in [6.07, 6.45) is 4.44. The molecule has 180 valence electrons. The van der Waals surface area contributed by atoms with Gasteiger partial charge in [-0.2, -0.15) is 0 Å². The lowest BCUT2D eigenvalue weighted by Crippen LogP contribution is -2.60. The van der Waals surface area contributed by atoms with Gasteiger partial charge in [0.05, 0.1) is 26.2 Å². The van der Waals surface area contributed by atoms with Crippen LogP contribution in [0.4, 0.5) is 5.69 Å². The van der Waals surface area contributed by atoms with Crippen LogP contribution in [0.2, 0.25) is 0 Å². The van der Waals surface area contributed by atoms with Crippen molar-refractivity contribution >= 4 is 42.4 Å². The van der Waals surface area contributed by atoms with Gasteiger partial charge in [0.1, 0.15) is 11.4 Å². The first-order valence-corrected chi connectivity index (χ1v) is 11.4. The van der Waals surface area contributed by atoms with Crippen molar-refractivity contribution in [3.05, 3.63) is 102 Å². The van der Waals surface area contributed by atoms with Gasteiger partial charge in [-0.15, -0.1) is 24.8 Å². The Labute approximate surface area is 215 Å². The Kier molecular flexibility index (Phi) is 11.3. The first-order chi connectivity index (χ1) is 15.8. The molecule has 1 saturated heterocycles. The van der Waals surface area contributed by atoms with Crippen LogP contribution in [0, 0.1) is 0 Å². The number of rotatable bonds is 9. The number of carbonyl (C=O) groups excluding carboxylic acids is 1. The summed E-state index contributed by atoms with van der Waals surface area (Å²) in [5.41, 5.74) is 3.07. The fraction of sp³-hybridized carbons (Fsp3) is 0.250. The summed E-state index contributed by atoms with van der Waals surface area (Å²) in [4.78, 5) is 12.4. The second-order valence-electron chi connectivity index (χ2n) is 8.24. The van der Waals surface area contributed by atoms with E-state index in [0.717, 1.165) is 54.9 Å². The average Bonchev–Trinajstić information content (AvgIpc) is 2.87. The summed E-state index contributed by atoms with van der Waals surface area (Å²) in [6.45, 7) is 6.04. The summed E-state index contributed by atoms with van der Waals surface area (Å²) < 4.78 is 7.00. The first kappa shape index (κ1) is 27.6. The molecule has 0 saturated carbocycles. The van der Waals surface area contributed by atoms with Crippen LogP contribution in [0.3, 0.4) is 0 Å². The van der Waals surface area contributed by atoms with Gasteiger partial charge in [0, 0.05) is 25.1 Å². The lowest BCUT2D eigenvalue weighted by molar-refractivity contribution is 0.104. The lowest BCUT2D eigenvalue weighted by Gasteiger charge is -2.41. The van der Waals surface area contributed by atoms with Crippen LogP contribution < -0.4 is 14.5 Å². The van der Waals surface area contributed by atoms with E-state index in [9.17, 15) is 4.79 Å². The monoisotopic (exact) mass is 499 g/mol. The maximum atomic E-state index is 12.4. The molecule has 1 aliphatic rings. The Bertz CT molecular complexity index is 1020. The normalized spacial score (nSPS) is 14.6. The van der Waals surface area contributed by atoms with Gasteiger partial charge in [-0.05, 0) is 48.0 Å². The Hall–Kier alpha value is -2.63. The first-order valence-electron chi connectivity index (χ1n) is 11.4. The fourth-order valence-electron chi connectivity index (χ4n) is 4.28. The molecule has 0 bridgehead atoms. The Morgan fingerprint density at radius 1 is 0.853 bits per heavy atom. The second kappa shape index (κ2) is 13.9. The number of nitrogens with one attached hydrogen (secondary N) is 1. The number of allylic oxidation sites excluding steroid dienone is 1. The van der Waals surface area contributed by atoms with Crippen molar-refractivity contribution < 1.29 is 9.53 Å². The highest BCUT2D eigenvalue weighted by Crippen LogP contribution is 2.24. The number of carbonyl (C=O) groups is 1. The molecule has 0 aromatic heterocycles. The van der Waals surface area contributed by atoms with E-state index in [0.29, 0.717) is 12.2 Å². The summed E-state index contributed by atoms with van der Waals surface area (Å²) in [7, 11) is 0. The Morgan fingerprint density at radius 3 is 2.12 bits per heavy atom. The largest absolute Gasteiger partial charge is 0.493 e. The van der Waals surface area contributed by atoms with E-state index in [1.165, 1.54) is 5.69 Å². The quantitative estimate of drug-likeness (QED) is 0.175. The lowest BCUT2D eigenvalue weighted by atomic mass is 10.1. The molecule has 0 spiro atoms. The van der Waals surface area contributed by atoms with Crippen LogP contribution in [0.5, 0.6) is 5.75 Å². The fourth-order valence-corrected chi connectivity index (χ4v) is 4.28. The summed E-state index contributed by atoms with van der Waals surface area (Å²) in [5.74, 6) is 0.800. The van der Waals surface area contributed by atoms with E-state index in [1.54, 1.807) is 6.08 Å².